The van der Waals surface area contributed by atoms with Gasteiger partial charge >= 0.3 is 10.2 Å². The molecule has 6 heteroatoms. The fourth-order valence-corrected chi connectivity index (χ4v) is 3.23. The molecule has 0 saturated carbocycles. The number of rotatable bonds is 3. The molecule has 1 aliphatic heterocycles. The summed E-state index contributed by atoms with van der Waals surface area (Å²) >= 11 is 3.30. The molecule has 88 valence electrons. The Morgan fingerprint density at radius 3 is 2.25 bits per heavy atom. The van der Waals surface area contributed by atoms with Crippen LogP contribution < -0.4 is 4.72 Å². The van der Waals surface area contributed by atoms with Gasteiger partial charge in [0.2, 0.25) is 0 Å². The Hall–Kier alpha value is -0.590. The average Bonchev–Trinajstić information content (AvgIpc) is 2.75. The van der Waals surface area contributed by atoms with Crippen LogP contribution in [0.4, 0.5) is 5.69 Å². The van der Waals surface area contributed by atoms with E-state index >= 15 is 0 Å². The van der Waals surface area contributed by atoms with Crippen molar-refractivity contribution in [3.8, 4) is 0 Å². The van der Waals surface area contributed by atoms with E-state index < -0.39 is 10.2 Å². The average molecular weight is 305 g/mol. The quantitative estimate of drug-likeness (QED) is 0.931. The van der Waals surface area contributed by atoms with Crippen LogP contribution in [0.1, 0.15) is 12.8 Å². The van der Waals surface area contributed by atoms with Gasteiger partial charge in [-0.1, -0.05) is 15.9 Å². The highest BCUT2D eigenvalue weighted by molar-refractivity contribution is 9.10. The number of benzene rings is 1. The van der Waals surface area contributed by atoms with Crippen molar-refractivity contribution in [3.05, 3.63) is 28.7 Å². The van der Waals surface area contributed by atoms with Crippen molar-refractivity contribution in [1.29, 1.82) is 0 Å². The lowest BCUT2D eigenvalue weighted by molar-refractivity contribution is 0.482. The largest absolute Gasteiger partial charge is 0.301 e. The Labute approximate surface area is 104 Å². The maximum absolute atomic E-state index is 11.9. The molecule has 2 rings (SSSR count). The number of nitrogens with zero attached hydrogens (tertiary/aromatic N) is 1. The standard InChI is InChI=1S/C10H13BrN2O2S/c11-9-3-5-10(6-4-9)12-16(14,15)13-7-1-2-8-13/h3-6,12H,1-2,7-8H2. The summed E-state index contributed by atoms with van der Waals surface area (Å²) in [5, 5.41) is 0. The third-order valence-electron chi connectivity index (χ3n) is 2.50. The summed E-state index contributed by atoms with van der Waals surface area (Å²) in [5.74, 6) is 0. The molecule has 0 spiro atoms. The van der Waals surface area contributed by atoms with Gasteiger partial charge in [-0.15, -0.1) is 0 Å². The van der Waals surface area contributed by atoms with Gasteiger partial charge in [-0.25, -0.2) is 0 Å². The van der Waals surface area contributed by atoms with Crippen LogP contribution in [0.2, 0.25) is 0 Å². The summed E-state index contributed by atoms with van der Waals surface area (Å²) < 4.78 is 28.8. The van der Waals surface area contributed by atoms with Crippen molar-refractivity contribution in [2.45, 2.75) is 12.8 Å². The van der Waals surface area contributed by atoms with Crippen molar-refractivity contribution < 1.29 is 8.42 Å². The summed E-state index contributed by atoms with van der Waals surface area (Å²) in [6.07, 6.45) is 1.89. The van der Waals surface area contributed by atoms with E-state index in [0.29, 0.717) is 18.8 Å². The summed E-state index contributed by atoms with van der Waals surface area (Å²) in [6.45, 7) is 1.23. The highest BCUT2D eigenvalue weighted by atomic mass is 79.9. The van der Waals surface area contributed by atoms with E-state index in [0.717, 1.165) is 17.3 Å². The van der Waals surface area contributed by atoms with Crippen LogP contribution in [0.5, 0.6) is 0 Å². The Morgan fingerprint density at radius 2 is 1.69 bits per heavy atom. The molecular formula is C10H13BrN2O2S. The molecule has 1 N–H and O–H groups in total. The molecule has 0 atom stereocenters. The van der Waals surface area contributed by atoms with Gasteiger partial charge in [0.25, 0.3) is 0 Å². The van der Waals surface area contributed by atoms with Crippen molar-refractivity contribution in [2.75, 3.05) is 17.8 Å². The number of hydrogen-bond acceptors (Lipinski definition) is 2. The topological polar surface area (TPSA) is 49.4 Å². The second kappa shape index (κ2) is 4.73. The Kier molecular flexibility index (Phi) is 3.51. The molecule has 1 saturated heterocycles. The molecule has 1 aromatic rings. The summed E-state index contributed by atoms with van der Waals surface area (Å²) in [4.78, 5) is 0. The van der Waals surface area contributed by atoms with Gasteiger partial charge < -0.3 is 0 Å². The van der Waals surface area contributed by atoms with E-state index in [-0.39, 0.29) is 0 Å². The smallest absolute Gasteiger partial charge is 0.271 e. The zero-order valence-corrected chi connectivity index (χ0v) is 11.1. The minimum Gasteiger partial charge on any atom is -0.271 e. The van der Waals surface area contributed by atoms with Crippen LogP contribution >= 0.6 is 15.9 Å². The molecule has 4 nitrogen and oxygen atoms in total. The summed E-state index contributed by atoms with van der Waals surface area (Å²) in [5.41, 5.74) is 0.593. The first kappa shape index (κ1) is 11.9. The number of halogens is 1. The first-order valence-corrected chi connectivity index (χ1v) is 7.35. The molecule has 1 aliphatic rings. The number of hydrogen-bond donors (Lipinski definition) is 1. The number of anilines is 1. The van der Waals surface area contributed by atoms with Gasteiger partial charge in [0.05, 0.1) is 0 Å². The molecule has 0 aromatic heterocycles. The maximum Gasteiger partial charge on any atom is 0.301 e. The third kappa shape index (κ3) is 2.75. The van der Waals surface area contributed by atoms with E-state index in [9.17, 15) is 8.42 Å². The van der Waals surface area contributed by atoms with E-state index in [2.05, 4.69) is 20.7 Å². The predicted molar refractivity (Wildman–Crippen MR) is 67.5 cm³/mol. The Bertz CT molecular complexity index is 452. The van der Waals surface area contributed by atoms with Crippen molar-refractivity contribution >= 4 is 31.8 Å². The monoisotopic (exact) mass is 304 g/mol. The Balaban J connectivity index is 2.11. The minimum absolute atomic E-state index is 0.593. The zero-order valence-electron chi connectivity index (χ0n) is 8.69. The molecule has 0 amide bonds. The van der Waals surface area contributed by atoms with E-state index in [1.165, 1.54) is 4.31 Å². The molecule has 1 aromatic carbocycles. The molecule has 0 aliphatic carbocycles. The highest BCUT2D eigenvalue weighted by Gasteiger charge is 2.24. The van der Waals surface area contributed by atoms with Crippen LogP contribution in [-0.4, -0.2) is 25.8 Å². The molecule has 0 radical (unpaired) electrons. The van der Waals surface area contributed by atoms with Crippen LogP contribution in [0.25, 0.3) is 0 Å². The lowest BCUT2D eigenvalue weighted by atomic mass is 10.3. The molecule has 1 heterocycles. The Morgan fingerprint density at radius 1 is 1.12 bits per heavy atom. The van der Waals surface area contributed by atoms with Crippen LogP contribution in [0.15, 0.2) is 28.7 Å². The predicted octanol–water partition coefficient (Wildman–Crippen LogP) is 2.20. The van der Waals surface area contributed by atoms with Gasteiger partial charge in [-0.3, -0.25) is 4.72 Å². The summed E-state index contributed by atoms with van der Waals surface area (Å²) in [7, 11) is -3.36. The van der Waals surface area contributed by atoms with E-state index in [1.807, 2.05) is 12.1 Å². The second-order valence-electron chi connectivity index (χ2n) is 3.72. The normalized spacial score (nSPS) is 17.6. The van der Waals surface area contributed by atoms with Crippen molar-refractivity contribution in [1.82, 2.24) is 4.31 Å². The summed E-state index contributed by atoms with van der Waals surface area (Å²) in [6, 6.07) is 7.08. The van der Waals surface area contributed by atoms with Gasteiger partial charge in [0.15, 0.2) is 0 Å². The van der Waals surface area contributed by atoms with Crippen molar-refractivity contribution in [3.63, 3.8) is 0 Å². The molecule has 0 bridgehead atoms. The zero-order chi connectivity index (χ0) is 11.6. The van der Waals surface area contributed by atoms with Gasteiger partial charge in [0.1, 0.15) is 0 Å². The van der Waals surface area contributed by atoms with E-state index in [4.69, 9.17) is 0 Å². The highest BCUT2D eigenvalue weighted by Crippen LogP contribution is 2.18. The van der Waals surface area contributed by atoms with Crippen molar-refractivity contribution in [2.24, 2.45) is 0 Å². The number of nitrogens with one attached hydrogen (secondary N) is 1. The van der Waals surface area contributed by atoms with Crippen LogP contribution in [0.3, 0.4) is 0 Å². The lowest BCUT2D eigenvalue weighted by Crippen LogP contribution is -2.33. The van der Waals surface area contributed by atoms with Gasteiger partial charge in [0, 0.05) is 23.2 Å². The second-order valence-corrected chi connectivity index (χ2v) is 6.31. The maximum atomic E-state index is 11.9. The first-order chi connectivity index (χ1) is 7.58. The molecule has 1 fully saturated rings. The van der Waals surface area contributed by atoms with Gasteiger partial charge in [-0.2, -0.15) is 12.7 Å². The molecule has 16 heavy (non-hydrogen) atoms. The lowest BCUT2D eigenvalue weighted by Gasteiger charge is -2.16. The fourth-order valence-electron chi connectivity index (χ4n) is 1.66. The van der Waals surface area contributed by atoms with E-state index in [1.54, 1.807) is 12.1 Å². The third-order valence-corrected chi connectivity index (χ3v) is 4.56. The SMILES string of the molecule is O=S(=O)(Nc1ccc(Br)cc1)N1CCCC1. The fraction of sp³-hybridized carbons (Fsp3) is 0.400. The van der Waals surface area contributed by atoms with Crippen LogP contribution in [-0.2, 0) is 10.2 Å². The van der Waals surface area contributed by atoms with Crippen LogP contribution in [0, 0.1) is 0 Å². The molecular weight excluding hydrogens is 292 g/mol. The minimum atomic E-state index is -3.36. The molecule has 0 unspecified atom stereocenters. The van der Waals surface area contributed by atoms with Gasteiger partial charge in [-0.05, 0) is 37.1 Å². The first-order valence-electron chi connectivity index (χ1n) is 5.11.